The van der Waals surface area contributed by atoms with Gasteiger partial charge in [-0.25, -0.2) is 9.37 Å². The zero-order valence-electron chi connectivity index (χ0n) is 20.3. The molecular formula is C25H26F4N6O2. The largest absolute Gasteiger partial charge is 0.433 e. The van der Waals surface area contributed by atoms with E-state index in [0.29, 0.717) is 25.3 Å². The number of hydrogen-bond donors (Lipinski definition) is 1. The van der Waals surface area contributed by atoms with Crippen molar-refractivity contribution in [3.63, 3.8) is 0 Å². The quantitative estimate of drug-likeness (QED) is 0.480. The van der Waals surface area contributed by atoms with Crippen molar-refractivity contribution in [3.8, 4) is 0 Å². The van der Waals surface area contributed by atoms with E-state index in [1.54, 1.807) is 36.4 Å². The van der Waals surface area contributed by atoms with Crippen molar-refractivity contribution in [2.75, 3.05) is 31.6 Å². The molecule has 8 nitrogen and oxygen atoms in total. The SMILES string of the molecule is CC(c1cc(C(=O)Nc2cccc(C3(Cc4nncn4C)COC3)c2)nc(C(F)(F)F)c1)N1CC(F)C1. The van der Waals surface area contributed by atoms with E-state index in [-0.39, 0.29) is 29.8 Å². The van der Waals surface area contributed by atoms with Gasteiger partial charge in [-0.15, -0.1) is 10.2 Å². The lowest BCUT2D eigenvalue weighted by Gasteiger charge is -2.41. The number of benzene rings is 1. The number of rotatable bonds is 7. The number of nitrogens with zero attached hydrogens (tertiary/aromatic N) is 5. The Hall–Kier alpha value is -3.38. The summed E-state index contributed by atoms with van der Waals surface area (Å²) in [5, 5.41) is 10.8. The molecule has 37 heavy (non-hydrogen) atoms. The molecule has 196 valence electrons. The Morgan fingerprint density at radius 3 is 2.59 bits per heavy atom. The van der Waals surface area contributed by atoms with Gasteiger partial charge in [0.25, 0.3) is 5.91 Å². The van der Waals surface area contributed by atoms with E-state index in [0.717, 1.165) is 17.5 Å². The molecule has 0 aliphatic carbocycles. The lowest BCUT2D eigenvalue weighted by atomic mass is 9.75. The lowest BCUT2D eigenvalue weighted by Crippen LogP contribution is -2.49. The molecule has 1 N–H and O–H groups in total. The van der Waals surface area contributed by atoms with Gasteiger partial charge in [0.2, 0.25) is 0 Å². The highest BCUT2D eigenvalue weighted by atomic mass is 19.4. The maximum Gasteiger partial charge on any atom is 0.433 e. The van der Waals surface area contributed by atoms with Crippen LogP contribution in [-0.2, 0) is 29.8 Å². The monoisotopic (exact) mass is 518 g/mol. The van der Waals surface area contributed by atoms with Crippen molar-refractivity contribution in [3.05, 3.63) is 71.1 Å². The summed E-state index contributed by atoms with van der Waals surface area (Å²) in [5.41, 5.74) is -0.303. The van der Waals surface area contributed by atoms with Crippen molar-refractivity contribution in [1.29, 1.82) is 0 Å². The average Bonchev–Trinajstić information content (AvgIpc) is 3.22. The summed E-state index contributed by atoms with van der Waals surface area (Å²) in [7, 11) is 1.86. The van der Waals surface area contributed by atoms with Crippen molar-refractivity contribution >= 4 is 11.6 Å². The van der Waals surface area contributed by atoms with Crippen LogP contribution in [0.1, 0.15) is 46.1 Å². The number of carbonyl (C=O) groups excluding carboxylic acids is 1. The summed E-state index contributed by atoms with van der Waals surface area (Å²) in [6.45, 7) is 2.88. The number of ether oxygens (including phenoxy) is 1. The average molecular weight is 519 g/mol. The van der Waals surface area contributed by atoms with Crippen LogP contribution >= 0.6 is 0 Å². The fourth-order valence-corrected chi connectivity index (χ4v) is 4.65. The molecule has 0 radical (unpaired) electrons. The minimum Gasteiger partial charge on any atom is -0.379 e. The maximum absolute atomic E-state index is 13.6. The molecule has 0 saturated carbocycles. The molecule has 2 saturated heterocycles. The van der Waals surface area contributed by atoms with Crippen molar-refractivity contribution in [1.82, 2.24) is 24.6 Å². The Bertz CT molecular complexity index is 1300. The molecule has 1 aromatic carbocycles. The second kappa shape index (κ2) is 9.49. The number of aromatic nitrogens is 4. The molecule has 4 heterocycles. The van der Waals surface area contributed by atoms with Crippen LogP contribution in [0.3, 0.4) is 0 Å². The van der Waals surface area contributed by atoms with Crippen LogP contribution in [0.15, 0.2) is 42.7 Å². The number of carbonyl (C=O) groups is 1. The molecule has 1 unspecified atom stereocenters. The molecule has 2 aliphatic rings. The van der Waals surface area contributed by atoms with Crippen LogP contribution in [0.25, 0.3) is 0 Å². The van der Waals surface area contributed by atoms with Gasteiger partial charge < -0.3 is 14.6 Å². The van der Waals surface area contributed by atoms with Gasteiger partial charge in [-0.05, 0) is 42.3 Å². The van der Waals surface area contributed by atoms with Crippen molar-refractivity contribution < 1.29 is 27.1 Å². The Morgan fingerprint density at radius 1 is 1.24 bits per heavy atom. The second-order valence-corrected chi connectivity index (χ2v) is 9.74. The van der Waals surface area contributed by atoms with E-state index in [4.69, 9.17) is 4.74 Å². The van der Waals surface area contributed by atoms with Gasteiger partial charge >= 0.3 is 6.18 Å². The first kappa shape index (κ1) is 25.3. The van der Waals surface area contributed by atoms with E-state index in [9.17, 15) is 22.4 Å². The highest BCUT2D eigenvalue weighted by Crippen LogP contribution is 2.37. The molecule has 2 fully saturated rings. The van der Waals surface area contributed by atoms with Gasteiger partial charge in [0.1, 0.15) is 29.7 Å². The van der Waals surface area contributed by atoms with Gasteiger partial charge in [0, 0.05) is 43.7 Å². The van der Waals surface area contributed by atoms with E-state index in [1.165, 1.54) is 6.07 Å². The second-order valence-electron chi connectivity index (χ2n) is 9.74. The Morgan fingerprint density at radius 2 is 2.00 bits per heavy atom. The third-order valence-electron chi connectivity index (χ3n) is 7.06. The molecule has 1 atom stereocenters. The van der Waals surface area contributed by atoms with Gasteiger partial charge in [0.05, 0.1) is 13.2 Å². The fourth-order valence-electron chi connectivity index (χ4n) is 4.65. The van der Waals surface area contributed by atoms with Crippen LogP contribution in [-0.4, -0.2) is 63.0 Å². The summed E-state index contributed by atoms with van der Waals surface area (Å²) in [4.78, 5) is 18.4. The number of alkyl halides is 4. The van der Waals surface area contributed by atoms with Crippen LogP contribution in [0.2, 0.25) is 0 Å². The number of anilines is 1. The zero-order valence-corrected chi connectivity index (χ0v) is 20.3. The third kappa shape index (κ3) is 5.08. The summed E-state index contributed by atoms with van der Waals surface area (Å²) in [6, 6.07) is 8.89. The molecule has 3 aromatic rings. The van der Waals surface area contributed by atoms with Gasteiger partial charge in [-0.3, -0.25) is 9.69 Å². The Labute approximate surface area is 210 Å². The van der Waals surface area contributed by atoms with E-state index in [2.05, 4.69) is 20.5 Å². The molecule has 0 spiro atoms. The number of pyridine rings is 1. The summed E-state index contributed by atoms with van der Waals surface area (Å²) < 4.78 is 61.4. The van der Waals surface area contributed by atoms with E-state index < -0.39 is 30.0 Å². The topological polar surface area (TPSA) is 85.2 Å². The highest BCUT2D eigenvalue weighted by molar-refractivity contribution is 6.03. The summed E-state index contributed by atoms with van der Waals surface area (Å²) >= 11 is 0. The van der Waals surface area contributed by atoms with Gasteiger partial charge in [0.15, 0.2) is 0 Å². The minimum absolute atomic E-state index is 0.138. The third-order valence-corrected chi connectivity index (χ3v) is 7.06. The molecule has 5 rings (SSSR count). The van der Waals surface area contributed by atoms with Crippen molar-refractivity contribution in [2.24, 2.45) is 7.05 Å². The number of nitrogens with one attached hydrogen (secondary N) is 1. The maximum atomic E-state index is 13.6. The Balaban J connectivity index is 1.39. The van der Waals surface area contributed by atoms with Crippen LogP contribution in [0.4, 0.5) is 23.2 Å². The molecule has 2 aliphatic heterocycles. The molecule has 2 aromatic heterocycles. The zero-order chi connectivity index (χ0) is 26.4. The summed E-state index contributed by atoms with van der Waals surface area (Å²) in [6.07, 6.45) is -3.54. The molecule has 12 heteroatoms. The van der Waals surface area contributed by atoms with E-state index >= 15 is 0 Å². The normalized spacial score (nSPS) is 18.6. The standard InChI is InChI=1S/C25H26F4N6O2/c1-15(35-10-18(26)11-35)16-6-20(32-21(7-16)25(27,28)29)23(36)31-19-5-3-4-17(8-19)24(12-37-13-24)9-22-33-30-14-34(22)2/h3-8,14-15,18H,9-13H2,1-2H3,(H,31,36). The number of likely N-dealkylation sites (tertiary alicyclic amines) is 1. The fraction of sp³-hybridized carbons (Fsp3) is 0.440. The predicted octanol–water partition coefficient (Wildman–Crippen LogP) is 3.71. The summed E-state index contributed by atoms with van der Waals surface area (Å²) in [5.74, 6) is 0.0183. The smallest absolute Gasteiger partial charge is 0.379 e. The molecule has 0 bridgehead atoms. The first-order chi connectivity index (χ1) is 17.5. The first-order valence-corrected chi connectivity index (χ1v) is 11.8. The Kier molecular flexibility index (Phi) is 6.48. The number of aryl methyl sites for hydroxylation is 1. The number of halogens is 4. The van der Waals surface area contributed by atoms with Crippen LogP contribution in [0, 0.1) is 0 Å². The highest BCUT2D eigenvalue weighted by Gasteiger charge is 2.42. The van der Waals surface area contributed by atoms with Crippen LogP contribution in [0.5, 0.6) is 0 Å². The molecular weight excluding hydrogens is 492 g/mol. The van der Waals surface area contributed by atoms with Gasteiger partial charge in [-0.1, -0.05) is 12.1 Å². The van der Waals surface area contributed by atoms with E-state index in [1.807, 2.05) is 17.7 Å². The van der Waals surface area contributed by atoms with Crippen molar-refractivity contribution in [2.45, 2.75) is 37.1 Å². The first-order valence-electron chi connectivity index (χ1n) is 11.8. The van der Waals surface area contributed by atoms with Crippen LogP contribution < -0.4 is 5.32 Å². The minimum atomic E-state index is -4.74. The number of hydrogen-bond acceptors (Lipinski definition) is 6. The predicted molar refractivity (Wildman–Crippen MR) is 126 cm³/mol. The number of amides is 1. The lowest BCUT2D eigenvalue weighted by molar-refractivity contribution is -0.141. The molecule has 1 amide bonds. The van der Waals surface area contributed by atoms with Gasteiger partial charge in [-0.2, -0.15) is 13.2 Å².